The minimum absolute atomic E-state index is 0.00185. The highest BCUT2D eigenvalue weighted by Crippen LogP contribution is 2.19. The van der Waals surface area contributed by atoms with E-state index in [1.165, 1.54) is 12.1 Å². The van der Waals surface area contributed by atoms with Gasteiger partial charge in [-0.1, -0.05) is 22.0 Å². The molecular weight excluding hydrogens is 357 g/mol. The molecule has 0 saturated carbocycles. The van der Waals surface area contributed by atoms with Crippen molar-refractivity contribution >= 4 is 37.8 Å². The largest absolute Gasteiger partial charge is 0.383 e. The van der Waals surface area contributed by atoms with Crippen LogP contribution in [0.3, 0.4) is 0 Å². The summed E-state index contributed by atoms with van der Waals surface area (Å²) in [4.78, 5) is 11.8. The summed E-state index contributed by atoms with van der Waals surface area (Å²) < 4.78 is 18.8. The third-order valence-electron chi connectivity index (χ3n) is 2.02. The summed E-state index contributed by atoms with van der Waals surface area (Å²) in [6, 6.07) is 4.41. The molecule has 0 aliphatic rings. The fraction of sp³-hybridized carbons (Fsp3) is 0.364. The molecule has 1 aromatic rings. The van der Waals surface area contributed by atoms with Crippen LogP contribution in [0.2, 0.25) is 0 Å². The Kier molecular flexibility index (Phi) is 6.08. The normalized spacial score (nSPS) is 12.2. The predicted molar refractivity (Wildman–Crippen MR) is 71.0 cm³/mol. The summed E-state index contributed by atoms with van der Waals surface area (Å²) in [7, 11) is 1.57. The zero-order chi connectivity index (χ0) is 12.8. The van der Waals surface area contributed by atoms with Gasteiger partial charge in [-0.15, -0.1) is 0 Å². The number of rotatable bonds is 5. The van der Waals surface area contributed by atoms with Crippen LogP contribution in [-0.4, -0.2) is 31.0 Å². The van der Waals surface area contributed by atoms with Gasteiger partial charge >= 0.3 is 0 Å². The molecule has 1 amide bonds. The molecule has 6 heteroatoms. The first-order chi connectivity index (χ1) is 8.06. The van der Waals surface area contributed by atoms with Gasteiger partial charge in [0.25, 0.3) is 5.91 Å². The molecule has 0 radical (unpaired) electrons. The zero-order valence-electron chi connectivity index (χ0n) is 9.17. The van der Waals surface area contributed by atoms with Gasteiger partial charge in [0.05, 0.1) is 17.0 Å². The fourth-order valence-corrected chi connectivity index (χ4v) is 2.19. The van der Waals surface area contributed by atoms with Gasteiger partial charge in [0, 0.05) is 18.1 Å². The lowest BCUT2D eigenvalue weighted by Crippen LogP contribution is -2.32. The van der Waals surface area contributed by atoms with Gasteiger partial charge in [-0.2, -0.15) is 0 Å². The Hall–Kier alpha value is -0.460. The van der Waals surface area contributed by atoms with Crippen LogP contribution in [0.5, 0.6) is 0 Å². The number of hydrogen-bond acceptors (Lipinski definition) is 2. The lowest BCUT2D eigenvalue weighted by atomic mass is 10.2. The van der Waals surface area contributed by atoms with Gasteiger partial charge in [0.1, 0.15) is 5.82 Å². The molecule has 0 aliphatic heterocycles. The van der Waals surface area contributed by atoms with E-state index < -0.39 is 11.7 Å². The van der Waals surface area contributed by atoms with E-state index in [0.717, 1.165) is 0 Å². The number of hydrogen-bond donors (Lipinski definition) is 1. The molecular formula is C11H12Br2FNO2. The number of methoxy groups -OCH3 is 1. The van der Waals surface area contributed by atoms with E-state index in [-0.39, 0.29) is 10.4 Å². The van der Waals surface area contributed by atoms with E-state index in [2.05, 4.69) is 37.2 Å². The highest BCUT2D eigenvalue weighted by atomic mass is 79.9. The third-order valence-corrected chi connectivity index (χ3v) is 3.27. The number of ether oxygens (including phenoxy) is 1. The Morgan fingerprint density at radius 2 is 2.29 bits per heavy atom. The van der Waals surface area contributed by atoms with E-state index in [0.29, 0.717) is 17.6 Å². The monoisotopic (exact) mass is 367 g/mol. The number of benzene rings is 1. The predicted octanol–water partition coefficient (Wildman–Crippen LogP) is 2.73. The van der Waals surface area contributed by atoms with E-state index in [1.54, 1.807) is 13.2 Å². The molecule has 0 saturated heterocycles. The van der Waals surface area contributed by atoms with Gasteiger partial charge in [0.2, 0.25) is 0 Å². The molecule has 94 valence electrons. The second-order valence-electron chi connectivity index (χ2n) is 3.36. The van der Waals surface area contributed by atoms with Crippen molar-refractivity contribution in [1.82, 2.24) is 5.32 Å². The van der Waals surface area contributed by atoms with E-state index >= 15 is 0 Å². The van der Waals surface area contributed by atoms with Crippen LogP contribution in [0, 0.1) is 5.82 Å². The van der Waals surface area contributed by atoms with Crippen LogP contribution in [0.25, 0.3) is 0 Å². The molecule has 17 heavy (non-hydrogen) atoms. The van der Waals surface area contributed by atoms with Crippen molar-refractivity contribution in [2.75, 3.05) is 20.3 Å². The van der Waals surface area contributed by atoms with Crippen molar-refractivity contribution in [3.63, 3.8) is 0 Å². The SMILES string of the molecule is COCC(Br)CNC(=O)c1c(F)cccc1Br. The van der Waals surface area contributed by atoms with Crippen LogP contribution in [0.15, 0.2) is 22.7 Å². The van der Waals surface area contributed by atoms with Gasteiger partial charge in [-0.05, 0) is 28.1 Å². The molecule has 3 nitrogen and oxygen atoms in total. The number of nitrogens with one attached hydrogen (secondary N) is 1. The van der Waals surface area contributed by atoms with Crippen LogP contribution in [0.4, 0.5) is 4.39 Å². The molecule has 1 rings (SSSR count). The van der Waals surface area contributed by atoms with Crippen molar-refractivity contribution in [1.29, 1.82) is 0 Å². The second-order valence-corrected chi connectivity index (χ2v) is 5.51. The summed E-state index contributed by atoms with van der Waals surface area (Å²) in [5.41, 5.74) is 0.0182. The van der Waals surface area contributed by atoms with Crippen LogP contribution in [-0.2, 0) is 4.74 Å². The van der Waals surface area contributed by atoms with Gasteiger partial charge in [-0.25, -0.2) is 4.39 Å². The Morgan fingerprint density at radius 1 is 1.59 bits per heavy atom. The number of amides is 1. The van der Waals surface area contributed by atoms with E-state index in [9.17, 15) is 9.18 Å². The van der Waals surface area contributed by atoms with Crippen LogP contribution < -0.4 is 5.32 Å². The fourth-order valence-electron chi connectivity index (χ4n) is 1.25. The molecule has 0 spiro atoms. The summed E-state index contributed by atoms with van der Waals surface area (Å²) >= 11 is 6.48. The molecule has 0 aromatic heterocycles. The third kappa shape index (κ3) is 4.37. The average molecular weight is 369 g/mol. The molecule has 1 N–H and O–H groups in total. The average Bonchev–Trinajstić information content (AvgIpc) is 2.26. The van der Waals surface area contributed by atoms with Crippen molar-refractivity contribution in [3.8, 4) is 0 Å². The topological polar surface area (TPSA) is 38.3 Å². The molecule has 1 unspecified atom stereocenters. The molecule has 0 heterocycles. The standard InChI is InChI=1S/C11H12Br2FNO2/c1-17-6-7(12)5-15-11(16)10-8(13)3-2-4-9(10)14/h2-4,7H,5-6H2,1H3,(H,15,16). The Morgan fingerprint density at radius 3 is 2.88 bits per heavy atom. The second kappa shape index (κ2) is 7.08. The highest BCUT2D eigenvalue weighted by molar-refractivity contribution is 9.10. The first-order valence-corrected chi connectivity index (χ1v) is 6.62. The lowest BCUT2D eigenvalue weighted by Gasteiger charge is -2.11. The molecule has 1 atom stereocenters. The molecule has 0 bridgehead atoms. The smallest absolute Gasteiger partial charge is 0.255 e. The summed E-state index contributed by atoms with van der Waals surface area (Å²) in [6.45, 7) is 0.839. The van der Waals surface area contributed by atoms with Crippen LogP contribution in [0.1, 0.15) is 10.4 Å². The summed E-state index contributed by atoms with van der Waals surface area (Å²) in [5.74, 6) is -0.995. The molecule has 0 aliphatic carbocycles. The minimum atomic E-state index is -0.547. The minimum Gasteiger partial charge on any atom is -0.383 e. The summed E-state index contributed by atoms with van der Waals surface area (Å²) in [5, 5.41) is 2.63. The van der Waals surface area contributed by atoms with E-state index in [1.807, 2.05) is 0 Å². The molecule has 1 aromatic carbocycles. The Balaban J connectivity index is 2.64. The van der Waals surface area contributed by atoms with Gasteiger partial charge in [-0.3, -0.25) is 4.79 Å². The first-order valence-electron chi connectivity index (χ1n) is 4.91. The summed E-state index contributed by atoms with van der Waals surface area (Å²) in [6.07, 6.45) is 0. The molecule has 0 fully saturated rings. The van der Waals surface area contributed by atoms with Gasteiger partial charge < -0.3 is 10.1 Å². The number of carbonyl (C=O) groups excluding carboxylic acids is 1. The van der Waals surface area contributed by atoms with Gasteiger partial charge in [0.15, 0.2) is 0 Å². The highest BCUT2D eigenvalue weighted by Gasteiger charge is 2.15. The van der Waals surface area contributed by atoms with Crippen molar-refractivity contribution < 1.29 is 13.9 Å². The Labute approximate surface area is 116 Å². The maximum atomic E-state index is 13.4. The van der Waals surface area contributed by atoms with Crippen molar-refractivity contribution in [2.24, 2.45) is 0 Å². The number of halogens is 3. The van der Waals surface area contributed by atoms with Crippen molar-refractivity contribution in [3.05, 3.63) is 34.1 Å². The van der Waals surface area contributed by atoms with E-state index in [4.69, 9.17) is 4.74 Å². The van der Waals surface area contributed by atoms with Crippen LogP contribution >= 0.6 is 31.9 Å². The quantitative estimate of drug-likeness (QED) is 0.811. The number of carbonyl (C=O) groups is 1. The zero-order valence-corrected chi connectivity index (χ0v) is 12.3. The Bertz CT molecular complexity index is 381. The lowest BCUT2D eigenvalue weighted by molar-refractivity contribution is 0.0945. The number of alkyl halides is 1. The maximum absolute atomic E-state index is 13.4. The van der Waals surface area contributed by atoms with Crippen molar-refractivity contribution in [2.45, 2.75) is 4.83 Å². The first kappa shape index (κ1) is 14.6. The maximum Gasteiger partial charge on any atom is 0.255 e.